The van der Waals surface area contributed by atoms with Gasteiger partial charge in [-0.25, -0.2) is 4.99 Å². The highest BCUT2D eigenvalue weighted by Crippen LogP contribution is 2.05. The zero-order chi connectivity index (χ0) is 16.5. The Morgan fingerprint density at radius 2 is 2.04 bits per heavy atom. The molecule has 1 aromatic carbocycles. The van der Waals surface area contributed by atoms with Crippen LogP contribution in [0.4, 0.5) is 0 Å². The van der Waals surface area contributed by atoms with Crippen LogP contribution in [0.1, 0.15) is 31.4 Å². The lowest BCUT2D eigenvalue weighted by Gasteiger charge is -2.17. The van der Waals surface area contributed by atoms with Gasteiger partial charge in [0, 0.05) is 31.4 Å². The molecule has 0 aliphatic heterocycles. The van der Waals surface area contributed by atoms with E-state index in [1.165, 1.54) is 5.56 Å². The van der Waals surface area contributed by atoms with Crippen LogP contribution in [0.5, 0.6) is 0 Å². The molecule has 0 saturated heterocycles. The molecule has 0 bridgehead atoms. The molecule has 0 aliphatic carbocycles. The van der Waals surface area contributed by atoms with E-state index < -0.39 is 0 Å². The first-order valence-electron chi connectivity index (χ1n) is 8.23. The van der Waals surface area contributed by atoms with Gasteiger partial charge in [0.1, 0.15) is 0 Å². The second kappa shape index (κ2) is 8.98. The van der Waals surface area contributed by atoms with Crippen molar-refractivity contribution in [3.8, 4) is 0 Å². The van der Waals surface area contributed by atoms with E-state index in [2.05, 4.69) is 64.9 Å². The van der Waals surface area contributed by atoms with Crippen molar-refractivity contribution in [2.45, 2.75) is 39.3 Å². The van der Waals surface area contributed by atoms with Crippen LogP contribution in [-0.4, -0.2) is 28.3 Å². The van der Waals surface area contributed by atoms with Gasteiger partial charge in [-0.05, 0) is 32.3 Å². The standard InChI is InChI=1S/C18H27N5/c1-4-19-18(20-12-17-13-21-23(3)14-17)22-15(2)10-11-16-8-6-5-7-9-16/h5-9,13-15H,4,10-12H2,1-3H3,(H2,19,20,22). The summed E-state index contributed by atoms with van der Waals surface area (Å²) < 4.78 is 1.80. The van der Waals surface area contributed by atoms with Crippen LogP contribution in [0.25, 0.3) is 0 Å². The summed E-state index contributed by atoms with van der Waals surface area (Å²) in [6.07, 6.45) is 5.98. The van der Waals surface area contributed by atoms with Gasteiger partial charge in [0.25, 0.3) is 0 Å². The number of guanidine groups is 1. The highest BCUT2D eigenvalue weighted by Gasteiger charge is 2.06. The van der Waals surface area contributed by atoms with Crippen LogP contribution in [0.15, 0.2) is 47.7 Å². The van der Waals surface area contributed by atoms with E-state index in [1.807, 2.05) is 19.4 Å². The number of aliphatic imine (C=N–C) groups is 1. The van der Waals surface area contributed by atoms with Gasteiger partial charge >= 0.3 is 0 Å². The Morgan fingerprint density at radius 3 is 2.70 bits per heavy atom. The second-order valence-electron chi connectivity index (χ2n) is 5.79. The van der Waals surface area contributed by atoms with Gasteiger partial charge in [0.15, 0.2) is 5.96 Å². The van der Waals surface area contributed by atoms with Crippen molar-refractivity contribution in [3.63, 3.8) is 0 Å². The summed E-state index contributed by atoms with van der Waals surface area (Å²) >= 11 is 0. The zero-order valence-corrected chi connectivity index (χ0v) is 14.3. The SMILES string of the molecule is CCNC(=NCc1cnn(C)c1)NC(C)CCc1ccccc1. The Balaban J connectivity index is 1.84. The third kappa shape index (κ3) is 6.14. The lowest BCUT2D eigenvalue weighted by molar-refractivity contribution is 0.593. The molecule has 23 heavy (non-hydrogen) atoms. The first-order valence-corrected chi connectivity index (χ1v) is 8.23. The summed E-state index contributed by atoms with van der Waals surface area (Å²) in [5.41, 5.74) is 2.49. The Kier molecular flexibility index (Phi) is 6.66. The molecule has 0 aliphatic rings. The van der Waals surface area contributed by atoms with Gasteiger partial charge in [0.05, 0.1) is 12.7 Å². The van der Waals surface area contributed by atoms with E-state index in [0.29, 0.717) is 12.6 Å². The number of nitrogens with zero attached hydrogens (tertiary/aromatic N) is 3. The van der Waals surface area contributed by atoms with Gasteiger partial charge < -0.3 is 10.6 Å². The zero-order valence-electron chi connectivity index (χ0n) is 14.3. The van der Waals surface area contributed by atoms with Crippen molar-refractivity contribution in [2.75, 3.05) is 6.54 Å². The highest BCUT2D eigenvalue weighted by atomic mass is 15.2. The van der Waals surface area contributed by atoms with E-state index in [9.17, 15) is 0 Å². The summed E-state index contributed by atoms with van der Waals surface area (Å²) in [5, 5.41) is 10.9. The Bertz CT molecular complexity index is 603. The van der Waals surface area contributed by atoms with Crippen molar-refractivity contribution in [1.29, 1.82) is 0 Å². The van der Waals surface area contributed by atoms with Crippen molar-refractivity contribution in [3.05, 3.63) is 53.9 Å². The maximum Gasteiger partial charge on any atom is 0.191 e. The van der Waals surface area contributed by atoms with Crippen LogP contribution >= 0.6 is 0 Å². The normalized spacial score (nSPS) is 12.9. The molecule has 1 unspecified atom stereocenters. The number of nitrogens with one attached hydrogen (secondary N) is 2. The fourth-order valence-corrected chi connectivity index (χ4v) is 2.38. The van der Waals surface area contributed by atoms with E-state index in [4.69, 9.17) is 0 Å². The highest BCUT2D eigenvalue weighted by molar-refractivity contribution is 5.80. The summed E-state index contributed by atoms with van der Waals surface area (Å²) in [7, 11) is 1.92. The van der Waals surface area contributed by atoms with E-state index in [-0.39, 0.29) is 0 Å². The molecule has 5 nitrogen and oxygen atoms in total. The van der Waals surface area contributed by atoms with Crippen LogP contribution in [0.3, 0.4) is 0 Å². The lowest BCUT2D eigenvalue weighted by atomic mass is 10.1. The molecular weight excluding hydrogens is 286 g/mol. The average molecular weight is 313 g/mol. The van der Waals surface area contributed by atoms with Crippen LogP contribution in [0, 0.1) is 0 Å². The smallest absolute Gasteiger partial charge is 0.191 e. The quantitative estimate of drug-likeness (QED) is 0.610. The minimum atomic E-state index is 0.363. The molecule has 2 N–H and O–H groups in total. The van der Waals surface area contributed by atoms with Gasteiger partial charge in [-0.2, -0.15) is 5.10 Å². The number of benzene rings is 1. The molecule has 5 heteroatoms. The summed E-state index contributed by atoms with van der Waals surface area (Å²) in [6.45, 7) is 5.76. The monoisotopic (exact) mass is 313 g/mol. The second-order valence-corrected chi connectivity index (χ2v) is 5.79. The lowest BCUT2D eigenvalue weighted by Crippen LogP contribution is -2.42. The molecule has 1 atom stereocenters. The topological polar surface area (TPSA) is 54.2 Å². The van der Waals surface area contributed by atoms with E-state index in [0.717, 1.165) is 30.9 Å². The van der Waals surface area contributed by atoms with Gasteiger partial charge in [0.2, 0.25) is 0 Å². The molecule has 0 radical (unpaired) electrons. The van der Waals surface area contributed by atoms with Gasteiger partial charge in [-0.1, -0.05) is 30.3 Å². The van der Waals surface area contributed by atoms with Crippen molar-refractivity contribution in [2.24, 2.45) is 12.0 Å². The van der Waals surface area contributed by atoms with E-state index in [1.54, 1.807) is 4.68 Å². The van der Waals surface area contributed by atoms with Gasteiger partial charge in [-0.15, -0.1) is 0 Å². The average Bonchev–Trinajstić information content (AvgIpc) is 2.97. The van der Waals surface area contributed by atoms with Crippen LogP contribution in [-0.2, 0) is 20.0 Å². The number of aryl methyl sites for hydroxylation is 2. The predicted molar refractivity (Wildman–Crippen MR) is 95.4 cm³/mol. The van der Waals surface area contributed by atoms with Crippen molar-refractivity contribution in [1.82, 2.24) is 20.4 Å². The maximum atomic E-state index is 4.63. The fraction of sp³-hybridized carbons (Fsp3) is 0.444. The molecule has 0 saturated carbocycles. The number of rotatable bonds is 7. The Morgan fingerprint density at radius 1 is 1.26 bits per heavy atom. The number of hydrogen-bond donors (Lipinski definition) is 2. The third-order valence-corrected chi connectivity index (χ3v) is 3.61. The minimum absolute atomic E-state index is 0.363. The summed E-state index contributed by atoms with van der Waals surface area (Å²) in [5.74, 6) is 0.858. The largest absolute Gasteiger partial charge is 0.357 e. The molecule has 0 spiro atoms. The Hall–Kier alpha value is -2.30. The predicted octanol–water partition coefficient (Wildman–Crippen LogP) is 2.50. The first-order chi connectivity index (χ1) is 11.2. The first kappa shape index (κ1) is 17.1. The number of hydrogen-bond acceptors (Lipinski definition) is 2. The molecular formula is C18H27N5. The van der Waals surface area contributed by atoms with Crippen molar-refractivity contribution >= 4 is 5.96 Å². The summed E-state index contributed by atoms with van der Waals surface area (Å²) in [4.78, 5) is 4.63. The summed E-state index contributed by atoms with van der Waals surface area (Å²) in [6, 6.07) is 10.9. The molecule has 124 valence electrons. The molecule has 0 fully saturated rings. The fourth-order valence-electron chi connectivity index (χ4n) is 2.38. The third-order valence-electron chi connectivity index (χ3n) is 3.61. The van der Waals surface area contributed by atoms with Crippen LogP contribution in [0.2, 0.25) is 0 Å². The van der Waals surface area contributed by atoms with Crippen LogP contribution < -0.4 is 10.6 Å². The molecule has 1 heterocycles. The number of aromatic nitrogens is 2. The molecule has 1 aromatic heterocycles. The molecule has 0 amide bonds. The van der Waals surface area contributed by atoms with Crippen molar-refractivity contribution < 1.29 is 0 Å². The van der Waals surface area contributed by atoms with Gasteiger partial charge in [-0.3, -0.25) is 4.68 Å². The molecule has 2 aromatic rings. The Labute approximate surface area is 138 Å². The minimum Gasteiger partial charge on any atom is -0.357 e. The maximum absolute atomic E-state index is 4.63. The van der Waals surface area contributed by atoms with E-state index >= 15 is 0 Å². The molecule has 2 rings (SSSR count).